The first-order valence-electron chi connectivity index (χ1n) is 6.80. The van der Waals surface area contributed by atoms with Crippen molar-refractivity contribution in [3.05, 3.63) is 18.2 Å². The maximum Gasteiger partial charge on any atom is 0.127 e. The summed E-state index contributed by atoms with van der Waals surface area (Å²) in [6.07, 6.45) is 5.20. The summed E-state index contributed by atoms with van der Waals surface area (Å²) in [5.41, 5.74) is 0. The molecule has 1 aliphatic rings. The van der Waals surface area contributed by atoms with Crippen molar-refractivity contribution >= 4 is 23.5 Å². The molecule has 1 saturated heterocycles. The lowest BCUT2D eigenvalue weighted by Gasteiger charge is -2.30. The number of hydrogen-bond acceptors (Lipinski definition) is 4. The van der Waals surface area contributed by atoms with Gasteiger partial charge in [0.15, 0.2) is 0 Å². The fourth-order valence-electron chi connectivity index (χ4n) is 2.25. The highest BCUT2D eigenvalue weighted by Crippen LogP contribution is 2.33. The summed E-state index contributed by atoms with van der Waals surface area (Å²) in [4.78, 5) is 4.59. The summed E-state index contributed by atoms with van der Waals surface area (Å²) >= 11 is 4.18. The molecule has 1 aromatic rings. The van der Waals surface area contributed by atoms with Gasteiger partial charge in [0, 0.05) is 41.4 Å². The van der Waals surface area contributed by atoms with Crippen LogP contribution >= 0.6 is 23.5 Å². The monoisotopic (exact) mass is 285 g/mol. The van der Waals surface area contributed by atoms with Crippen LogP contribution in [-0.4, -0.2) is 38.6 Å². The molecular weight excluding hydrogens is 262 g/mol. The van der Waals surface area contributed by atoms with E-state index in [2.05, 4.69) is 58.4 Å². The highest BCUT2D eigenvalue weighted by molar-refractivity contribution is 8.06. The van der Waals surface area contributed by atoms with Gasteiger partial charge in [-0.25, -0.2) is 4.98 Å². The average Bonchev–Trinajstić information content (AvgIpc) is 2.89. The highest BCUT2D eigenvalue weighted by Gasteiger charge is 2.28. The summed E-state index contributed by atoms with van der Waals surface area (Å²) in [6.45, 7) is 6.48. The highest BCUT2D eigenvalue weighted by atomic mass is 32.2. The number of aromatic nitrogens is 2. The molecule has 1 N–H and O–H groups in total. The first kappa shape index (κ1) is 14.3. The first-order valence-corrected chi connectivity index (χ1v) is 9.01. The second-order valence-electron chi connectivity index (χ2n) is 4.49. The second kappa shape index (κ2) is 7.46. The van der Waals surface area contributed by atoms with Crippen LogP contribution in [0, 0.1) is 0 Å². The normalized spacial score (nSPS) is 22.0. The van der Waals surface area contributed by atoms with Crippen LogP contribution in [0.4, 0.5) is 0 Å². The number of aryl methyl sites for hydroxylation is 1. The van der Waals surface area contributed by atoms with Gasteiger partial charge >= 0.3 is 0 Å². The third-order valence-electron chi connectivity index (χ3n) is 3.19. The third-order valence-corrected chi connectivity index (χ3v) is 6.06. The molecule has 1 aliphatic heterocycles. The zero-order valence-corrected chi connectivity index (χ0v) is 12.9. The van der Waals surface area contributed by atoms with E-state index in [9.17, 15) is 0 Å². The summed E-state index contributed by atoms with van der Waals surface area (Å²) in [6, 6.07) is 0.401. The van der Waals surface area contributed by atoms with Gasteiger partial charge in [-0.15, -0.1) is 0 Å². The summed E-state index contributed by atoms with van der Waals surface area (Å²) in [7, 11) is 0. The lowest BCUT2D eigenvalue weighted by atomic mass is 10.2. The fourth-order valence-corrected chi connectivity index (χ4v) is 5.09. The number of hydrogen-bond donors (Lipinski definition) is 1. The largest absolute Gasteiger partial charge is 0.334 e. The molecule has 0 saturated carbocycles. The molecule has 2 atom stereocenters. The zero-order chi connectivity index (χ0) is 12.8. The molecule has 5 heteroatoms. The van der Waals surface area contributed by atoms with Gasteiger partial charge in [0.25, 0.3) is 0 Å². The van der Waals surface area contributed by atoms with Gasteiger partial charge in [0.2, 0.25) is 0 Å². The quantitative estimate of drug-likeness (QED) is 0.870. The van der Waals surface area contributed by atoms with Crippen LogP contribution < -0.4 is 5.32 Å². The Kier molecular flexibility index (Phi) is 5.92. The Balaban J connectivity index is 2.12. The van der Waals surface area contributed by atoms with Crippen molar-refractivity contribution in [2.24, 2.45) is 0 Å². The Morgan fingerprint density at radius 3 is 3.06 bits per heavy atom. The zero-order valence-electron chi connectivity index (χ0n) is 11.3. The Bertz CT molecular complexity index is 348. The van der Waals surface area contributed by atoms with Crippen LogP contribution in [-0.2, 0) is 6.54 Å². The molecule has 0 aliphatic carbocycles. The van der Waals surface area contributed by atoms with Gasteiger partial charge < -0.3 is 9.88 Å². The van der Waals surface area contributed by atoms with Gasteiger partial charge in [0.05, 0.1) is 6.04 Å². The summed E-state index contributed by atoms with van der Waals surface area (Å²) < 4.78 is 2.27. The molecule has 0 aromatic carbocycles. The molecule has 0 spiro atoms. The van der Waals surface area contributed by atoms with E-state index in [0.29, 0.717) is 11.3 Å². The van der Waals surface area contributed by atoms with Crippen molar-refractivity contribution in [3.8, 4) is 0 Å². The van der Waals surface area contributed by atoms with Crippen LogP contribution in [0.25, 0.3) is 0 Å². The predicted molar refractivity (Wildman–Crippen MR) is 82.5 cm³/mol. The van der Waals surface area contributed by atoms with Crippen molar-refractivity contribution in [2.45, 2.75) is 38.1 Å². The molecule has 0 amide bonds. The van der Waals surface area contributed by atoms with Crippen LogP contribution in [0.5, 0.6) is 0 Å². The molecule has 2 unspecified atom stereocenters. The van der Waals surface area contributed by atoms with Gasteiger partial charge in [0.1, 0.15) is 5.82 Å². The molecular formula is C13H23N3S2. The Morgan fingerprint density at radius 1 is 1.50 bits per heavy atom. The SMILES string of the molecule is CCCNC(c1nccn1CC)C1CSCCS1. The minimum atomic E-state index is 0.401. The summed E-state index contributed by atoms with van der Waals surface area (Å²) in [5, 5.41) is 4.35. The second-order valence-corrected chi connectivity index (χ2v) is 6.98. The molecule has 1 aromatic heterocycles. The van der Waals surface area contributed by atoms with E-state index in [4.69, 9.17) is 0 Å². The van der Waals surface area contributed by atoms with E-state index >= 15 is 0 Å². The Morgan fingerprint density at radius 2 is 2.39 bits per heavy atom. The van der Waals surface area contributed by atoms with Crippen LogP contribution in [0.2, 0.25) is 0 Å². The average molecular weight is 285 g/mol. The molecule has 102 valence electrons. The lowest BCUT2D eigenvalue weighted by Crippen LogP contribution is -2.36. The van der Waals surface area contributed by atoms with Crippen molar-refractivity contribution in [1.82, 2.24) is 14.9 Å². The molecule has 0 radical (unpaired) electrons. The van der Waals surface area contributed by atoms with Crippen molar-refractivity contribution in [2.75, 3.05) is 23.8 Å². The van der Waals surface area contributed by atoms with E-state index in [1.54, 1.807) is 0 Å². The Labute approximate surface area is 119 Å². The van der Waals surface area contributed by atoms with Gasteiger partial charge in [-0.2, -0.15) is 23.5 Å². The molecule has 2 heterocycles. The number of nitrogens with zero attached hydrogens (tertiary/aromatic N) is 2. The number of imidazole rings is 1. The van der Waals surface area contributed by atoms with Gasteiger partial charge in [-0.3, -0.25) is 0 Å². The fraction of sp³-hybridized carbons (Fsp3) is 0.769. The van der Waals surface area contributed by atoms with Crippen molar-refractivity contribution in [1.29, 1.82) is 0 Å². The maximum atomic E-state index is 4.59. The smallest absolute Gasteiger partial charge is 0.127 e. The molecule has 0 bridgehead atoms. The first-order chi connectivity index (χ1) is 8.86. The number of nitrogens with one attached hydrogen (secondary N) is 1. The molecule has 3 nitrogen and oxygen atoms in total. The maximum absolute atomic E-state index is 4.59. The van der Waals surface area contributed by atoms with Gasteiger partial charge in [-0.1, -0.05) is 6.92 Å². The number of rotatable bonds is 6. The van der Waals surface area contributed by atoms with Crippen LogP contribution in [0.1, 0.15) is 32.1 Å². The van der Waals surface area contributed by atoms with E-state index < -0.39 is 0 Å². The van der Waals surface area contributed by atoms with Gasteiger partial charge in [-0.05, 0) is 19.9 Å². The van der Waals surface area contributed by atoms with Crippen LogP contribution in [0.15, 0.2) is 12.4 Å². The standard InChI is InChI=1S/C13H23N3S2/c1-3-5-14-12(11-10-17-8-9-18-11)13-15-6-7-16(13)4-2/h6-7,11-12,14H,3-5,8-10H2,1-2H3. The molecule has 18 heavy (non-hydrogen) atoms. The van der Waals surface area contributed by atoms with E-state index in [1.807, 2.05) is 6.20 Å². The minimum absolute atomic E-state index is 0.401. The lowest BCUT2D eigenvalue weighted by molar-refractivity contribution is 0.483. The number of thioether (sulfide) groups is 2. The topological polar surface area (TPSA) is 29.9 Å². The van der Waals surface area contributed by atoms with E-state index in [1.165, 1.54) is 29.5 Å². The Hall–Kier alpha value is -0.130. The molecule has 2 rings (SSSR count). The van der Waals surface area contributed by atoms with E-state index in [0.717, 1.165) is 13.1 Å². The summed E-state index contributed by atoms with van der Waals surface area (Å²) in [5.74, 6) is 5.02. The van der Waals surface area contributed by atoms with Crippen LogP contribution in [0.3, 0.4) is 0 Å². The molecule has 1 fully saturated rings. The third kappa shape index (κ3) is 3.45. The van der Waals surface area contributed by atoms with Crippen molar-refractivity contribution < 1.29 is 0 Å². The van der Waals surface area contributed by atoms with Crippen molar-refractivity contribution in [3.63, 3.8) is 0 Å². The minimum Gasteiger partial charge on any atom is -0.334 e. The van der Waals surface area contributed by atoms with E-state index in [-0.39, 0.29) is 0 Å². The predicted octanol–water partition coefficient (Wildman–Crippen LogP) is 2.79.